The van der Waals surface area contributed by atoms with E-state index < -0.39 is 0 Å². The van der Waals surface area contributed by atoms with Gasteiger partial charge in [0.15, 0.2) is 23.3 Å². The van der Waals surface area contributed by atoms with Crippen LogP contribution in [0, 0.1) is 127 Å². The maximum absolute atomic E-state index is 12.1. The monoisotopic (exact) mass is 1710 g/mol. The molecule has 22 aromatic rings. The molecule has 614 valence electrons. The van der Waals surface area contributed by atoms with Crippen LogP contribution in [0.1, 0.15) is 67.3 Å². The zero-order chi connectivity index (χ0) is 91.3. The van der Waals surface area contributed by atoms with E-state index in [0.29, 0.717) is 152 Å². The summed E-state index contributed by atoms with van der Waals surface area (Å²) in [6.07, 6.45) is 0. The zero-order valence-corrected chi connectivity index (χ0v) is 71.0. The number of nitriles is 10. The minimum Gasteiger partial charge on any atom is -0.307 e. The molecule has 0 amide bonds. The van der Waals surface area contributed by atoms with Crippen molar-refractivity contribution in [3.05, 3.63) is 383 Å². The minimum atomic E-state index is 0.228. The molecule has 0 saturated heterocycles. The van der Waals surface area contributed by atoms with E-state index in [1.165, 1.54) is 0 Å². The normalized spacial score (nSPS) is 11.1. The molecule has 0 N–H and O–H groups in total. The number of hydrogen-bond acceptors (Lipinski definition) is 16. The van der Waals surface area contributed by atoms with E-state index in [2.05, 4.69) is 157 Å². The molecule has 6 aromatic heterocycles. The van der Waals surface area contributed by atoms with Gasteiger partial charge in [0.2, 0.25) is 0 Å². The Balaban J connectivity index is 0.844. The van der Waals surface area contributed by atoms with Crippen LogP contribution in [0.5, 0.6) is 0 Å². The standard InChI is InChI=1S/C114H58N20/c1-65-125-66(2)127-113(126-65)93-53-109(107(52-82(93)63-123)133-98-21-11-9-18-89(98)91-37-28-76(49-104(91)133)86-35-26-69(57-117)44-80(86)61-121)134-103-23-13-20-88(110(103)92-38-29-77(50-105(92)134)87-36-27-70(58-118)45-81(87)62-122)75-32-41-102-97(48-75)96-47-74(85-34-25-68(56-116)43-79(85)60-120)31-40-101(96)132(102)106-51-83(64-124)94(114-129-111(71-14-5-3-6-15-71)128-112(130-114)72-16-7-4-8-17-72)54-108(106)131-99-22-12-10-19-90(99)95-46-73(30-39-100(95)131)84-33-24-67(55-115)42-78(84)59-119/h3-54H,1-2H3. The molecule has 0 unspecified atom stereocenters. The summed E-state index contributed by atoms with van der Waals surface area (Å²) in [7, 11) is 0. The van der Waals surface area contributed by atoms with Gasteiger partial charge >= 0.3 is 0 Å². The predicted octanol–water partition coefficient (Wildman–Crippen LogP) is 24.8. The van der Waals surface area contributed by atoms with Crippen LogP contribution in [-0.4, -0.2) is 48.2 Å². The highest BCUT2D eigenvalue weighted by atomic mass is 15.1. The smallest absolute Gasteiger partial charge is 0.165 e. The van der Waals surface area contributed by atoms with Crippen molar-refractivity contribution in [2.75, 3.05) is 0 Å². The van der Waals surface area contributed by atoms with E-state index in [0.717, 1.165) is 93.0 Å². The van der Waals surface area contributed by atoms with Crippen molar-refractivity contribution in [3.63, 3.8) is 0 Å². The van der Waals surface area contributed by atoms with Gasteiger partial charge in [0.05, 0.1) is 183 Å². The van der Waals surface area contributed by atoms with Crippen LogP contribution >= 0.6 is 0 Å². The molecule has 20 heteroatoms. The van der Waals surface area contributed by atoms with Gasteiger partial charge < -0.3 is 18.3 Å². The average Bonchev–Trinajstić information content (AvgIpc) is 1.55. The lowest BCUT2D eigenvalue weighted by Crippen LogP contribution is -2.07. The fourth-order valence-electron chi connectivity index (χ4n) is 19.1. The van der Waals surface area contributed by atoms with Crippen molar-refractivity contribution in [2.45, 2.75) is 13.8 Å². The summed E-state index contributed by atoms with van der Waals surface area (Å²) in [4.78, 5) is 30.1. The summed E-state index contributed by atoms with van der Waals surface area (Å²) < 4.78 is 8.68. The van der Waals surface area contributed by atoms with Crippen LogP contribution < -0.4 is 0 Å². The highest BCUT2D eigenvalue weighted by Gasteiger charge is 2.30. The molecule has 0 aliphatic carbocycles. The second-order valence-electron chi connectivity index (χ2n) is 32.5. The van der Waals surface area contributed by atoms with Crippen LogP contribution in [0.2, 0.25) is 0 Å². The Bertz CT molecular complexity index is 9360. The van der Waals surface area contributed by atoms with E-state index in [-0.39, 0.29) is 33.9 Å². The molecule has 6 heterocycles. The average molecular weight is 1710 g/mol. The number of aromatic nitrogens is 10. The molecule has 0 fully saturated rings. The van der Waals surface area contributed by atoms with Gasteiger partial charge in [-0.15, -0.1) is 0 Å². The number of hydrogen-bond donors (Lipinski definition) is 0. The topological polar surface area (TPSA) is 335 Å². The van der Waals surface area contributed by atoms with Gasteiger partial charge in [-0.2, -0.15) is 52.6 Å². The summed E-state index contributed by atoms with van der Waals surface area (Å²) in [6, 6.07) is 124. The lowest BCUT2D eigenvalue weighted by Gasteiger charge is -2.20. The Morgan fingerprint density at radius 2 is 0.493 bits per heavy atom. The number of para-hydroxylation sites is 2. The van der Waals surface area contributed by atoms with Gasteiger partial charge in [-0.05, 0) is 209 Å². The Kier molecular flexibility index (Phi) is 19.0. The fourth-order valence-corrected chi connectivity index (χ4v) is 19.1. The first-order valence-corrected chi connectivity index (χ1v) is 42.5. The van der Waals surface area contributed by atoms with Crippen molar-refractivity contribution >= 4 is 87.2 Å². The zero-order valence-electron chi connectivity index (χ0n) is 71.0. The van der Waals surface area contributed by atoms with Crippen molar-refractivity contribution in [1.82, 2.24) is 48.2 Å². The summed E-state index contributed by atoms with van der Waals surface area (Å²) in [5.74, 6) is 2.13. The largest absolute Gasteiger partial charge is 0.307 e. The third-order valence-corrected chi connectivity index (χ3v) is 25.0. The molecule has 0 aliphatic heterocycles. The molecule has 0 bridgehead atoms. The third kappa shape index (κ3) is 13.0. The Morgan fingerprint density at radius 3 is 0.918 bits per heavy atom. The molecule has 22 rings (SSSR count). The first-order chi connectivity index (χ1) is 65.8. The number of nitrogens with zero attached hydrogens (tertiary/aromatic N) is 20. The molecule has 134 heavy (non-hydrogen) atoms. The van der Waals surface area contributed by atoms with Gasteiger partial charge in [-0.25, -0.2) is 29.9 Å². The first kappa shape index (κ1) is 79.5. The van der Waals surface area contributed by atoms with Crippen LogP contribution in [0.3, 0.4) is 0 Å². The number of aryl methyl sites for hydroxylation is 2. The third-order valence-electron chi connectivity index (χ3n) is 25.0. The Labute approximate surface area is 764 Å². The summed E-state index contributed by atoms with van der Waals surface area (Å²) in [6.45, 7) is 3.56. The lowest BCUT2D eigenvalue weighted by molar-refractivity contribution is 0.927. The van der Waals surface area contributed by atoms with Gasteiger partial charge in [0.25, 0.3) is 0 Å². The first-order valence-electron chi connectivity index (χ1n) is 42.5. The predicted molar refractivity (Wildman–Crippen MR) is 516 cm³/mol. The van der Waals surface area contributed by atoms with Crippen LogP contribution in [0.15, 0.2) is 315 Å². The maximum Gasteiger partial charge on any atom is 0.165 e. The highest BCUT2D eigenvalue weighted by molar-refractivity contribution is 6.20. The maximum atomic E-state index is 12.1. The van der Waals surface area contributed by atoms with Crippen LogP contribution in [0.4, 0.5) is 0 Å². The summed E-state index contributed by atoms with van der Waals surface area (Å²) in [5.41, 5.74) is 20.2. The lowest BCUT2D eigenvalue weighted by atomic mass is 9.95. The number of rotatable bonds is 13. The van der Waals surface area contributed by atoms with Gasteiger partial charge in [-0.1, -0.05) is 176 Å². The second kappa shape index (κ2) is 31.9. The van der Waals surface area contributed by atoms with Gasteiger partial charge in [0, 0.05) is 65.3 Å². The Hall–Kier alpha value is -20.4. The molecule has 0 saturated carbocycles. The van der Waals surface area contributed by atoms with E-state index in [1.807, 2.05) is 170 Å². The van der Waals surface area contributed by atoms with Crippen molar-refractivity contribution < 1.29 is 0 Å². The van der Waals surface area contributed by atoms with Gasteiger partial charge in [-0.3, -0.25) is 0 Å². The van der Waals surface area contributed by atoms with Crippen molar-refractivity contribution in [3.8, 4) is 185 Å². The quantitative estimate of drug-likeness (QED) is 0.103. The van der Waals surface area contributed by atoms with Crippen molar-refractivity contribution in [1.29, 1.82) is 52.6 Å². The molecule has 0 spiro atoms. The van der Waals surface area contributed by atoms with E-state index in [1.54, 1.807) is 86.6 Å². The number of fused-ring (bicyclic) bond motifs is 12. The summed E-state index contributed by atoms with van der Waals surface area (Å²) in [5, 5.41) is 114. The molecule has 20 nitrogen and oxygen atoms in total. The SMILES string of the molecule is Cc1nc(C)nc(-c2cc(-n3c4cc(-c5ccc(C#N)cc5C#N)ccc4c4c(-c5ccc6c(c5)c5cc(-c7ccc(C#N)cc7C#N)ccc5n6-c5cc(C#N)c(-c6nc(-c7ccccc7)nc(-c7ccccc7)n6)cc5-n5c6ccccc6c6cc(-c7ccc(C#N)cc7C#N)ccc65)cccc43)c(-n3c4ccccc4c4ccc(-c5ccc(C#N)cc5C#N)cc43)cc2C#N)n1. The molecule has 0 aliphatic rings. The number of benzene rings is 16. The fraction of sp³-hybridized carbons (Fsp3) is 0.0175. The molecule has 16 aromatic carbocycles. The minimum absolute atomic E-state index is 0.228. The highest BCUT2D eigenvalue weighted by Crippen LogP contribution is 2.49. The molecular formula is C114H58N20. The molecular weight excluding hydrogens is 1650 g/mol. The van der Waals surface area contributed by atoms with E-state index >= 15 is 0 Å². The van der Waals surface area contributed by atoms with Gasteiger partial charge in [0.1, 0.15) is 11.6 Å². The molecule has 0 radical (unpaired) electrons. The van der Waals surface area contributed by atoms with Crippen LogP contribution in [-0.2, 0) is 0 Å². The van der Waals surface area contributed by atoms with Crippen LogP contribution in [0.25, 0.3) is 211 Å². The van der Waals surface area contributed by atoms with E-state index in [4.69, 9.17) is 24.9 Å². The summed E-state index contributed by atoms with van der Waals surface area (Å²) >= 11 is 0. The second-order valence-corrected chi connectivity index (χ2v) is 32.5. The molecule has 0 atom stereocenters. The Morgan fingerprint density at radius 1 is 0.187 bits per heavy atom. The van der Waals surface area contributed by atoms with Crippen molar-refractivity contribution in [2.24, 2.45) is 0 Å². The van der Waals surface area contributed by atoms with E-state index in [9.17, 15) is 52.6 Å².